The van der Waals surface area contributed by atoms with Crippen LogP contribution in [0.1, 0.15) is 14.6 Å². The maximum Gasteiger partial charge on any atom is 0.273 e. The van der Waals surface area contributed by atoms with E-state index in [2.05, 4.69) is 36.1 Å². The SMILES string of the molecule is [2H]C([2H])([2H])NC(=O)c1nnc(Nc2ccn(C)n2)cc1Nc1cccc(-c2cnn(C)n2)c1OC. The minimum atomic E-state index is -2.70. The van der Waals surface area contributed by atoms with E-state index in [1.807, 2.05) is 11.4 Å². The van der Waals surface area contributed by atoms with E-state index in [0.29, 0.717) is 28.5 Å². The van der Waals surface area contributed by atoms with Crippen LogP contribution in [-0.2, 0) is 14.1 Å². The summed E-state index contributed by atoms with van der Waals surface area (Å²) in [6.07, 6.45) is 3.34. The third-order valence-corrected chi connectivity index (χ3v) is 4.46. The molecule has 3 aromatic heterocycles. The Morgan fingerprint density at radius 1 is 1.09 bits per heavy atom. The van der Waals surface area contributed by atoms with Gasteiger partial charge in [0.15, 0.2) is 23.1 Å². The Labute approximate surface area is 187 Å². The topological polar surface area (TPSA) is 137 Å². The average Bonchev–Trinajstić information content (AvgIpc) is 3.40. The van der Waals surface area contributed by atoms with E-state index >= 15 is 0 Å². The maximum atomic E-state index is 12.7. The first-order valence-corrected chi connectivity index (χ1v) is 9.40. The van der Waals surface area contributed by atoms with Gasteiger partial charge >= 0.3 is 0 Å². The Kier molecular flexibility index (Phi) is 4.69. The second-order valence-electron chi connectivity index (χ2n) is 6.68. The number of hydrogen-bond acceptors (Lipinski definition) is 9. The van der Waals surface area contributed by atoms with Crippen LogP contribution in [-0.4, -0.2) is 55.0 Å². The molecular weight excluding hydrogens is 412 g/mol. The van der Waals surface area contributed by atoms with Crippen molar-refractivity contribution in [3.8, 4) is 17.0 Å². The van der Waals surface area contributed by atoms with E-state index in [4.69, 9.17) is 8.85 Å². The number of aromatic nitrogens is 7. The van der Waals surface area contributed by atoms with Gasteiger partial charge < -0.3 is 20.7 Å². The number of ether oxygens (including phenoxy) is 1. The molecule has 0 unspecified atom stereocenters. The number of benzene rings is 1. The monoisotopic (exact) mass is 437 g/mol. The molecule has 1 aromatic carbocycles. The summed E-state index contributed by atoms with van der Waals surface area (Å²) in [6, 6.07) is 8.58. The van der Waals surface area contributed by atoms with Crippen LogP contribution in [0.4, 0.5) is 23.0 Å². The number of nitrogens with one attached hydrogen (secondary N) is 3. The molecule has 0 radical (unpaired) electrons. The lowest BCUT2D eigenvalue weighted by Gasteiger charge is -2.16. The van der Waals surface area contributed by atoms with Gasteiger partial charge in [-0.1, -0.05) is 6.07 Å². The van der Waals surface area contributed by atoms with Gasteiger partial charge in [0.05, 0.1) is 24.7 Å². The fourth-order valence-electron chi connectivity index (χ4n) is 3.06. The molecule has 3 heterocycles. The molecule has 0 aliphatic heterocycles. The Morgan fingerprint density at radius 3 is 2.66 bits per heavy atom. The van der Waals surface area contributed by atoms with Crippen LogP contribution in [0.5, 0.6) is 5.75 Å². The highest BCUT2D eigenvalue weighted by Gasteiger charge is 2.19. The minimum absolute atomic E-state index is 0.190. The summed E-state index contributed by atoms with van der Waals surface area (Å²) in [4.78, 5) is 14.1. The second-order valence-corrected chi connectivity index (χ2v) is 6.68. The summed E-state index contributed by atoms with van der Waals surface area (Å²) < 4.78 is 29.3. The molecule has 0 fully saturated rings. The third-order valence-electron chi connectivity index (χ3n) is 4.46. The highest BCUT2D eigenvalue weighted by atomic mass is 16.5. The predicted molar refractivity (Wildman–Crippen MR) is 118 cm³/mol. The highest BCUT2D eigenvalue weighted by molar-refractivity contribution is 5.99. The van der Waals surface area contributed by atoms with Crippen LogP contribution < -0.4 is 20.7 Å². The number of rotatable bonds is 7. The standard InChI is InChI=1S/C20H22N10O2/c1-21-20(31)18-14(10-17(25-26-18)24-16-8-9-29(2)28-16)23-13-7-5-6-12(19(13)32-4)15-11-22-30(3)27-15/h5-11H,1-4H3,(H,21,31)(H2,23,24,25,28)/i1D3. The molecule has 0 bridgehead atoms. The molecule has 12 heteroatoms. The zero-order valence-corrected chi connectivity index (χ0v) is 17.5. The molecule has 4 aromatic rings. The zero-order valence-electron chi connectivity index (χ0n) is 20.5. The summed E-state index contributed by atoms with van der Waals surface area (Å²) in [5.41, 5.74) is 1.69. The van der Waals surface area contributed by atoms with E-state index < -0.39 is 12.9 Å². The first-order chi connectivity index (χ1) is 16.6. The van der Waals surface area contributed by atoms with Crippen LogP contribution in [0, 0.1) is 0 Å². The Bertz CT molecular complexity index is 1370. The van der Waals surface area contributed by atoms with Gasteiger partial charge in [-0.05, 0) is 12.1 Å². The van der Waals surface area contributed by atoms with Crippen LogP contribution in [0.3, 0.4) is 0 Å². The van der Waals surface area contributed by atoms with Gasteiger partial charge in [-0.25, -0.2) is 0 Å². The number of amides is 1. The van der Waals surface area contributed by atoms with E-state index in [0.717, 1.165) is 0 Å². The minimum Gasteiger partial charge on any atom is -0.494 e. The Balaban J connectivity index is 1.75. The molecule has 32 heavy (non-hydrogen) atoms. The molecule has 164 valence electrons. The largest absolute Gasteiger partial charge is 0.494 e. The summed E-state index contributed by atoms with van der Waals surface area (Å²) in [5, 5.41) is 28.6. The molecule has 4 rings (SSSR count). The van der Waals surface area contributed by atoms with Gasteiger partial charge in [0.25, 0.3) is 5.91 Å². The predicted octanol–water partition coefficient (Wildman–Crippen LogP) is 1.86. The van der Waals surface area contributed by atoms with Crippen molar-refractivity contribution >= 4 is 28.9 Å². The lowest BCUT2D eigenvalue weighted by atomic mass is 10.1. The van der Waals surface area contributed by atoms with Crippen molar-refractivity contribution in [1.82, 2.24) is 40.3 Å². The van der Waals surface area contributed by atoms with E-state index in [1.54, 1.807) is 49.4 Å². The van der Waals surface area contributed by atoms with E-state index in [1.165, 1.54) is 18.0 Å². The number of methoxy groups -OCH3 is 1. The Morgan fingerprint density at radius 2 is 1.97 bits per heavy atom. The number of nitrogens with zero attached hydrogens (tertiary/aromatic N) is 7. The molecule has 0 saturated heterocycles. The molecule has 12 nitrogen and oxygen atoms in total. The normalized spacial score (nSPS) is 12.4. The smallest absolute Gasteiger partial charge is 0.273 e. The van der Waals surface area contributed by atoms with Crippen LogP contribution in [0.2, 0.25) is 0 Å². The first kappa shape index (κ1) is 17.2. The van der Waals surface area contributed by atoms with Gasteiger partial charge in [-0.2, -0.15) is 20.1 Å². The molecule has 0 atom stereocenters. The number of hydrogen-bond donors (Lipinski definition) is 3. The molecule has 0 aliphatic carbocycles. The molecule has 0 aliphatic rings. The van der Waals surface area contributed by atoms with Crippen molar-refractivity contribution < 1.29 is 13.6 Å². The lowest BCUT2D eigenvalue weighted by Crippen LogP contribution is -2.21. The zero-order chi connectivity index (χ0) is 25.2. The molecule has 0 spiro atoms. The second kappa shape index (κ2) is 8.71. The molecule has 0 saturated carbocycles. The number of para-hydroxylation sites is 1. The van der Waals surface area contributed by atoms with Crippen LogP contribution in [0.25, 0.3) is 11.3 Å². The van der Waals surface area contributed by atoms with Crippen molar-refractivity contribution in [3.05, 3.63) is 48.4 Å². The van der Waals surface area contributed by atoms with Crippen LogP contribution in [0.15, 0.2) is 42.7 Å². The molecule has 3 N–H and O–H groups in total. The summed E-state index contributed by atoms with van der Waals surface area (Å²) in [6.45, 7) is -2.70. The van der Waals surface area contributed by atoms with E-state index in [-0.39, 0.29) is 17.2 Å². The van der Waals surface area contributed by atoms with Crippen LogP contribution >= 0.6 is 0 Å². The average molecular weight is 437 g/mol. The van der Waals surface area contributed by atoms with Crippen molar-refractivity contribution in [3.63, 3.8) is 0 Å². The molecule has 1 amide bonds. The van der Waals surface area contributed by atoms with Gasteiger partial charge in [-0.15, -0.1) is 10.2 Å². The maximum absolute atomic E-state index is 12.7. The number of aryl methyl sites for hydroxylation is 2. The van der Waals surface area contributed by atoms with Gasteiger partial charge in [0.1, 0.15) is 5.69 Å². The number of anilines is 4. The fraction of sp³-hybridized carbons (Fsp3) is 0.200. The fourth-order valence-corrected chi connectivity index (χ4v) is 3.06. The molecular formula is C20H22N10O2. The van der Waals surface area contributed by atoms with Gasteiger partial charge in [0.2, 0.25) is 0 Å². The first-order valence-electron chi connectivity index (χ1n) is 10.9. The lowest BCUT2D eigenvalue weighted by molar-refractivity contribution is 0.0958. The third kappa shape index (κ3) is 4.19. The number of carbonyl (C=O) groups is 1. The van der Waals surface area contributed by atoms with Crippen molar-refractivity contribution in [2.45, 2.75) is 0 Å². The van der Waals surface area contributed by atoms with E-state index in [9.17, 15) is 4.79 Å². The van der Waals surface area contributed by atoms with Crippen molar-refractivity contribution in [1.29, 1.82) is 0 Å². The summed E-state index contributed by atoms with van der Waals surface area (Å²) in [5.74, 6) is 0.301. The summed E-state index contributed by atoms with van der Waals surface area (Å²) >= 11 is 0. The quantitative estimate of drug-likeness (QED) is 0.396. The van der Waals surface area contributed by atoms with Gasteiger partial charge in [-0.3, -0.25) is 9.48 Å². The van der Waals surface area contributed by atoms with Gasteiger partial charge in [0, 0.05) is 49.1 Å². The number of carbonyl (C=O) groups excluding carboxylic acids is 1. The highest BCUT2D eigenvalue weighted by Crippen LogP contribution is 2.37. The Hall–Kier alpha value is -4.48. The van der Waals surface area contributed by atoms with Crippen molar-refractivity contribution in [2.24, 2.45) is 14.1 Å². The van der Waals surface area contributed by atoms with Crippen molar-refractivity contribution in [2.75, 3.05) is 24.7 Å². The summed E-state index contributed by atoms with van der Waals surface area (Å²) in [7, 11) is 4.97.